The van der Waals surface area contributed by atoms with Crippen LogP contribution in [0.4, 0.5) is 22.0 Å². The zero-order valence-electron chi connectivity index (χ0n) is 18.3. The zero-order chi connectivity index (χ0) is 25.8. The second kappa shape index (κ2) is 8.10. The fourth-order valence-corrected chi connectivity index (χ4v) is 4.69. The largest absolute Gasteiger partial charge is 0.586 e. The lowest BCUT2D eigenvalue weighted by atomic mass is 9.44. The zero-order valence-corrected chi connectivity index (χ0v) is 18.3. The number of nitrogens with zero attached hydrogens (tertiary/aromatic N) is 1. The monoisotopic (exact) mass is 515 g/mol. The third-order valence-electron chi connectivity index (χ3n) is 5.99. The van der Waals surface area contributed by atoms with E-state index in [1.54, 1.807) is 0 Å². The maximum absolute atomic E-state index is 13.1. The molecule has 0 unspecified atom stereocenters. The van der Waals surface area contributed by atoms with Crippen molar-refractivity contribution in [1.29, 1.82) is 0 Å². The van der Waals surface area contributed by atoms with Gasteiger partial charge in [0.25, 0.3) is 11.8 Å². The van der Waals surface area contributed by atoms with Gasteiger partial charge >= 0.3 is 12.5 Å². The van der Waals surface area contributed by atoms with E-state index in [1.165, 1.54) is 18.2 Å². The second-order valence-electron chi connectivity index (χ2n) is 8.95. The number of hydrogen-bond acceptors (Lipinski definition) is 7. The summed E-state index contributed by atoms with van der Waals surface area (Å²) in [6.07, 6.45) is -5.17. The average molecular weight is 515 g/mol. The van der Waals surface area contributed by atoms with Gasteiger partial charge in [-0.15, -0.1) is 8.78 Å². The van der Waals surface area contributed by atoms with Gasteiger partial charge in [-0.2, -0.15) is 13.2 Å². The maximum atomic E-state index is 13.1. The summed E-state index contributed by atoms with van der Waals surface area (Å²) in [5.74, 6) is -1.33. The SMILES string of the molecule is O=C(COc1cncc(C(F)(F)F)c1)NC12CC(NC(=O)COc3ccc4c(c3)OC(F)(F)O4)(C1)C2. The van der Waals surface area contributed by atoms with Gasteiger partial charge in [-0.05, 0) is 37.5 Å². The molecule has 2 aromatic rings. The van der Waals surface area contributed by atoms with Crippen LogP contribution in [0, 0.1) is 0 Å². The molecule has 2 N–H and O–H groups in total. The molecule has 6 rings (SSSR count). The first-order valence-electron chi connectivity index (χ1n) is 10.6. The molecule has 2 amide bonds. The maximum Gasteiger partial charge on any atom is 0.586 e. The number of rotatable bonds is 8. The van der Waals surface area contributed by atoms with Gasteiger partial charge in [0.15, 0.2) is 24.7 Å². The molecule has 3 aliphatic carbocycles. The third-order valence-corrected chi connectivity index (χ3v) is 5.99. The molecule has 2 heterocycles. The molecule has 4 aliphatic rings. The van der Waals surface area contributed by atoms with Crippen LogP contribution in [0.3, 0.4) is 0 Å². The van der Waals surface area contributed by atoms with Crippen molar-refractivity contribution in [2.24, 2.45) is 0 Å². The molecule has 0 radical (unpaired) electrons. The van der Waals surface area contributed by atoms with Gasteiger partial charge in [0.1, 0.15) is 11.5 Å². The summed E-state index contributed by atoms with van der Waals surface area (Å²) in [5.41, 5.74) is -1.98. The Kier molecular flexibility index (Phi) is 5.37. The fourth-order valence-electron chi connectivity index (χ4n) is 4.69. The number of carbonyl (C=O) groups is 2. The van der Waals surface area contributed by atoms with Gasteiger partial charge in [-0.3, -0.25) is 14.6 Å². The van der Waals surface area contributed by atoms with Crippen LogP contribution in [0.25, 0.3) is 0 Å². The van der Waals surface area contributed by atoms with Gasteiger partial charge < -0.3 is 29.6 Å². The normalized spacial score (nSPS) is 24.7. The van der Waals surface area contributed by atoms with Crippen LogP contribution in [-0.4, -0.2) is 47.4 Å². The number of nitrogens with one attached hydrogen (secondary N) is 2. The van der Waals surface area contributed by atoms with Crippen molar-refractivity contribution in [2.45, 2.75) is 42.8 Å². The van der Waals surface area contributed by atoms with E-state index in [1.807, 2.05) is 0 Å². The highest BCUT2D eigenvalue weighted by Crippen LogP contribution is 2.60. The minimum atomic E-state index is -4.58. The molecular weight excluding hydrogens is 497 g/mol. The summed E-state index contributed by atoms with van der Waals surface area (Å²) in [6, 6.07) is 4.55. The molecule has 0 atom stereocenters. The Balaban J connectivity index is 1.03. The van der Waals surface area contributed by atoms with Gasteiger partial charge in [0.2, 0.25) is 0 Å². The molecule has 3 saturated carbocycles. The molecule has 1 aromatic heterocycles. The first-order chi connectivity index (χ1) is 16.8. The van der Waals surface area contributed by atoms with Gasteiger partial charge in [-0.25, -0.2) is 0 Å². The molecule has 1 aromatic carbocycles. The molecule has 3 fully saturated rings. The number of aromatic nitrogens is 1. The van der Waals surface area contributed by atoms with Crippen molar-refractivity contribution >= 4 is 11.8 Å². The van der Waals surface area contributed by atoms with Crippen LogP contribution >= 0.6 is 0 Å². The highest BCUT2D eigenvalue weighted by molar-refractivity contribution is 5.81. The van der Waals surface area contributed by atoms with E-state index in [0.29, 0.717) is 25.5 Å². The number of amides is 2. The molecule has 14 heteroatoms. The average Bonchev–Trinajstić information content (AvgIpc) is 3.06. The number of carbonyl (C=O) groups excluding carboxylic acids is 2. The Bertz CT molecular complexity index is 1200. The standard InChI is InChI=1S/C22H18F5N3O6/c23-21(24,25)12-3-14(6-28-5-12)34-8-18(32)30-20-9-19(10-20,11-20)29-17(31)7-33-13-1-2-15-16(4-13)36-22(26,27)35-15/h1-6H,7-11H2,(H,29,31)(H,30,32). The number of alkyl halides is 5. The molecule has 0 saturated heterocycles. The van der Waals surface area contributed by atoms with Crippen molar-refractivity contribution in [2.75, 3.05) is 13.2 Å². The summed E-state index contributed by atoms with van der Waals surface area (Å²) < 4.78 is 83.4. The summed E-state index contributed by atoms with van der Waals surface area (Å²) >= 11 is 0. The van der Waals surface area contributed by atoms with Crippen molar-refractivity contribution in [3.05, 3.63) is 42.2 Å². The van der Waals surface area contributed by atoms with Crippen molar-refractivity contribution in [3.8, 4) is 23.0 Å². The van der Waals surface area contributed by atoms with E-state index in [0.717, 1.165) is 12.3 Å². The third kappa shape index (κ3) is 4.79. The molecule has 1 aliphatic heterocycles. The minimum absolute atomic E-state index is 0.141. The summed E-state index contributed by atoms with van der Waals surface area (Å²) in [7, 11) is 0. The molecule has 0 spiro atoms. The van der Waals surface area contributed by atoms with Gasteiger partial charge in [0, 0.05) is 23.3 Å². The van der Waals surface area contributed by atoms with Crippen LogP contribution < -0.4 is 29.6 Å². The number of benzene rings is 1. The fraction of sp³-hybridized carbons (Fsp3) is 0.409. The predicted octanol–water partition coefficient (Wildman–Crippen LogP) is 2.79. The summed E-state index contributed by atoms with van der Waals surface area (Å²) in [5, 5.41) is 5.62. The topological polar surface area (TPSA) is 108 Å². The Morgan fingerprint density at radius 2 is 1.47 bits per heavy atom. The number of ether oxygens (including phenoxy) is 4. The lowest BCUT2D eigenvalue weighted by Gasteiger charge is -2.70. The highest BCUT2D eigenvalue weighted by atomic mass is 19.4. The summed E-state index contributed by atoms with van der Waals surface area (Å²) in [6.45, 7) is -0.852. The van der Waals surface area contributed by atoms with E-state index >= 15 is 0 Å². The molecular formula is C22H18F5N3O6. The van der Waals surface area contributed by atoms with E-state index in [4.69, 9.17) is 9.47 Å². The molecule has 2 bridgehead atoms. The van der Waals surface area contributed by atoms with Crippen LogP contribution in [0.1, 0.15) is 24.8 Å². The molecule has 36 heavy (non-hydrogen) atoms. The van der Waals surface area contributed by atoms with Crippen LogP contribution in [0.15, 0.2) is 36.7 Å². The van der Waals surface area contributed by atoms with E-state index in [2.05, 4.69) is 25.1 Å². The number of fused-ring (bicyclic) bond motifs is 1. The number of pyridine rings is 1. The summed E-state index contributed by atoms with van der Waals surface area (Å²) in [4.78, 5) is 27.9. The van der Waals surface area contributed by atoms with E-state index in [-0.39, 0.29) is 29.6 Å². The van der Waals surface area contributed by atoms with Gasteiger partial charge in [0.05, 0.1) is 11.8 Å². The second-order valence-corrected chi connectivity index (χ2v) is 8.95. The number of hydrogen-bond donors (Lipinski definition) is 2. The minimum Gasteiger partial charge on any atom is -0.484 e. The lowest BCUT2D eigenvalue weighted by Crippen LogP contribution is -2.84. The van der Waals surface area contributed by atoms with Crippen LogP contribution in [-0.2, 0) is 15.8 Å². The Hall–Kier alpha value is -3.84. The van der Waals surface area contributed by atoms with Crippen molar-refractivity contribution in [1.82, 2.24) is 15.6 Å². The first kappa shape index (κ1) is 23.9. The molecule has 192 valence electrons. The predicted molar refractivity (Wildman–Crippen MR) is 108 cm³/mol. The Morgan fingerprint density at radius 1 is 0.889 bits per heavy atom. The van der Waals surface area contributed by atoms with E-state index in [9.17, 15) is 31.5 Å². The lowest BCUT2D eigenvalue weighted by molar-refractivity contribution is -0.286. The smallest absolute Gasteiger partial charge is 0.484 e. The Morgan fingerprint density at radius 3 is 2.08 bits per heavy atom. The molecule has 9 nitrogen and oxygen atoms in total. The Labute approximate surface area is 199 Å². The van der Waals surface area contributed by atoms with Crippen molar-refractivity contribution in [3.63, 3.8) is 0 Å². The first-order valence-corrected chi connectivity index (χ1v) is 10.6. The number of halogens is 5. The van der Waals surface area contributed by atoms with Crippen LogP contribution in [0.2, 0.25) is 0 Å². The van der Waals surface area contributed by atoms with Crippen molar-refractivity contribution < 1.29 is 50.5 Å². The van der Waals surface area contributed by atoms with Crippen LogP contribution in [0.5, 0.6) is 23.0 Å². The highest BCUT2D eigenvalue weighted by Gasteiger charge is 2.69. The van der Waals surface area contributed by atoms with Gasteiger partial charge in [-0.1, -0.05) is 0 Å². The quantitative estimate of drug-likeness (QED) is 0.521. The van der Waals surface area contributed by atoms with E-state index < -0.39 is 47.5 Å².